The lowest BCUT2D eigenvalue weighted by Gasteiger charge is -2.29. The van der Waals surface area contributed by atoms with Gasteiger partial charge in [0.15, 0.2) is 0 Å². The van der Waals surface area contributed by atoms with Crippen molar-refractivity contribution in [3.63, 3.8) is 0 Å². The largest absolute Gasteiger partial charge is 0.494 e. The lowest BCUT2D eigenvalue weighted by molar-refractivity contribution is 0.0734. The molecule has 0 bridgehead atoms. The maximum absolute atomic E-state index is 13.0. The summed E-state index contributed by atoms with van der Waals surface area (Å²) in [5.41, 5.74) is 3.17. The number of nitrogens with zero attached hydrogens (tertiary/aromatic N) is 2. The smallest absolute Gasteiger partial charge is 0.261 e. The number of carbonyl (C=O) groups is 1. The molecular weight excluding hydrogens is 414 g/mol. The van der Waals surface area contributed by atoms with Gasteiger partial charge in [0.05, 0.1) is 17.2 Å². The van der Waals surface area contributed by atoms with Gasteiger partial charge in [0, 0.05) is 31.0 Å². The first-order valence-electron chi connectivity index (χ1n) is 10.0. The molecule has 7 nitrogen and oxygen atoms in total. The Bertz CT molecular complexity index is 1180. The number of anilines is 1. The first-order valence-corrected chi connectivity index (χ1v) is 11.5. The molecule has 4 rings (SSSR count). The minimum atomic E-state index is -3.75. The quantitative estimate of drug-likeness (QED) is 0.638. The molecule has 3 aromatic rings. The Kier molecular flexibility index (Phi) is 5.90. The van der Waals surface area contributed by atoms with Gasteiger partial charge in [-0.1, -0.05) is 6.07 Å². The molecule has 0 saturated carbocycles. The number of hydrogen-bond acceptors (Lipinski definition) is 5. The Labute approximate surface area is 181 Å². The number of nitrogens with one attached hydrogen (secondary N) is 1. The van der Waals surface area contributed by atoms with Crippen molar-refractivity contribution in [2.75, 3.05) is 17.9 Å². The molecule has 1 aliphatic rings. The molecule has 160 valence electrons. The molecule has 1 aromatic heterocycles. The second-order valence-electron chi connectivity index (χ2n) is 7.21. The van der Waals surface area contributed by atoms with Gasteiger partial charge in [-0.25, -0.2) is 8.42 Å². The SMILES string of the molecule is CCOc1ccc2c(c1)CN(C(=O)c1ccc(S(=O)(=O)Nc3ccncc3)cc1)CC2. The molecule has 2 heterocycles. The van der Waals surface area contributed by atoms with Crippen LogP contribution in [0.1, 0.15) is 28.4 Å². The van der Waals surface area contributed by atoms with Crippen molar-refractivity contribution >= 4 is 21.6 Å². The van der Waals surface area contributed by atoms with E-state index < -0.39 is 10.0 Å². The summed E-state index contributed by atoms with van der Waals surface area (Å²) >= 11 is 0. The molecule has 0 unspecified atom stereocenters. The second kappa shape index (κ2) is 8.77. The number of pyridine rings is 1. The average Bonchev–Trinajstić information content (AvgIpc) is 2.79. The lowest BCUT2D eigenvalue weighted by Crippen LogP contribution is -2.36. The van der Waals surface area contributed by atoms with Crippen LogP contribution in [0.2, 0.25) is 0 Å². The Hall–Kier alpha value is -3.39. The third-order valence-electron chi connectivity index (χ3n) is 5.13. The van der Waals surface area contributed by atoms with E-state index in [-0.39, 0.29) is 10.8 Å². The maximum Gasteiger partial charge on any atom is 0.261 e. The highest BCUT2D eigenvalue weighted by Gasteiger charge is 2.23. The summed E-state index contributed by atoms with van der Waals surface area (Å²) in [4.78, 5) is 18.7. The molecule has 0 radical (unpaired) electrons. The topological polar surface area (TPSA) is 88.6 Å². The van der Waals surface area contributed by atoms with E-state index in [1.807, 2.05) is 19.1 Å². The van der Waals surface area contributed by atoms with Crippen molar-refractivity contribution in [1.29, 1.82) is 0 Å². The van der Waals surface area contributed by atoms with Crippen LogP contribution in [0.3, 0.4) is 0 Å². The van der Waals surface area contributed by atoms with Crippen LogP contribution in [0.15, 0.2) is 71.9 Å². The molecular formula is C23H23N3O4S. The van der Waals surface area contributed by atoms with Crippen LogP contribution in [0.5, 0.6) is 5.75 Å². The number of aromatic nitrogens is 1. The highest BCUT2D eigenvalue weighted by atomic mass is 32.2. The van der Waals surface area contributed by atoms with Crippen LogP contribution in [0, 0.1) is 0 Å². The predicted octanol–water partition coefficient (Wildman–Crippen LogP) is 3.48. The first-order chi connectivity index (χ1) is 15.0. The molecule has 0 spiro atoms. The average molecular weight is 438 g/mol. The van der Waals surface area contributed by atoms with Gasteiger partial charge in [0.2, 0.25) is 0 Å². The van der Waals surface area contributed by atoms with Crippen molar-refractivity contribution in [3.05, 3.63) is 83.7 Å². The first kappa shape index (κ1) is 20.9. The van der Waals surface area contributed by atoms with Crippen LogP contribution < -0.4 is 9.46 Å². The van der Waals surface area contributed by atoms with Gasteiger partial charge in [-0.05, 0) is 73.0 Å². The van der Waals surface area contributed by atoms with E-state index >= 15 is 0 Å². The Morgan fingerprint density at radius 1 is 1.06 bits per heavy atom. The van der Waals surface area contributed by atoms with Crippen molar-refractivity contribution in [1.82, 2.24) is 9.88 Å². The molecule has 0 atom stereocenters. The Balaban J connectivity index is 1.48. The van der Waals surface area contributed by atoms with Crippen LogP contribution in [0.25, 0.3) is 0 Å². The molecule has 1 aliphatic heterocycles. The molecule has 1 amide bonds. The monoisotopic (exact) mass is 437 g/mol. The lowest BCUT2D eigenvalue weighted by atomic mass is 9.99. The highest BCUT2D eigenvalue weighted by molar-refractivity contribution is 7.92. The number of benzene rings is 2. The normalized spacial score (nSPS) is 13.4. The van der Waals surface area contributed by atoms with Gasteiger partial charge in [-0.3, -0.25) is 14.5 Å². The summed E-state index contributed by atoms with van der Waals surface area (Å²) in [6, 6.07) is 15.1. The highest BCUT2D eigenvalue weighted by Crippen LogP contribution is 2.25. The number of fused-ring (bicyclic) bond motifs is 1. The molecule has 0 fully saturated rings. The van der Waals surface area contributed by atoms with E-state index in [1.165, 1.54) is 30.1 Å². The minimum absolute atomic E-state index is 0.0891. The summed E-state index contributed by atoms with van der Waals surface area (Å²) < 4.78 is 33.2. The summed E-state index contributed by atoms with van der Waals surface area (Å²) in [6.07, 6.45) is 3.79. The Morgan fingerprint density at radius 3 is 2.52 bits per heavy atom. The molecule has 2 aromatic carbocycles. The number of amides is 1. The standard InChI is InChI=1S/C23H23N3O4S/c1-2-30-21-6-3-17-11-14-26(16-19(17)15-21)23(27)18-4-7-22(8-5-18)31(28,29)25-20-9-12-24-13-10-20/h3-10,12-13,15H,2,11,14,16H2,1H3,(H,24,25). The van der Waals surface area contributed by atoms with Crippen molar-refractivity contribution in [3.8, 4) is 5.75 Å². The molecule has 0 aliphatic carbocycles. The predicted molar refractivity (Wildman–Crippen MR) is 118 cm³/mol. The van der Waals surface area contributed by atoms with Gasteiger partial charge < -0.3 is 9.64 Å². The summed E-state index contributed by atoms with van der Waals surface area (Å²) in [5, 5.41) is 0. The third kappa shape index (κ3) is 4.69. The fourth-order valence-corrected chi connectivity index (χ4v) is 4.62. The van der Waals surface area contributed by atoms with Crippen LogP contribution in [-0.2, 0) is 23.0 Å². The van der Waals surface area contributed by atoms with Crippen LogP contribution in [0.4, 0.5) is 5.69 Å². The maximum atomic E-state index is 13.0. The molecule has 31 heavy (non-hydrogen) atoms. The Morgan fingerprint density at radius 2 is 1.81 bits per heavy atom. The molecule has 1 N–H and O–H groups in total. The van der Waals surface area contributed by atoms with E-state index in [0.29, 0.717) is 30.9 Å². The van der Waals surface area contributed by atoms with Crippen molar-refractivity contribution < 1.29 is 17.9 Å². The summed E-state index contributed by atoms with van der Waals surface area (Å²) in [5.74, 6) is 0.672. The number of hydrogen-bond donors (Lipinski definition) is 1. The summed E-state index contributed by atoms with van der Waals surface area (Å²) in [6.45, 7) is 3.64. The van der Waals surface area contributed by atoms with Gasteiger partial charge in [0.1, 0.15) is 5.75 Å². The fourth-order valence-electron chi connectivity index (χ4n) is 3.56. The van der Waals surface area contributed by atoms with E-state index in [9.17, 15) is 13.2 Å². The third-order valence-corrected chi connectivity index (χ3v) is 6.53. The van der Waals surface area contributed by atoms with Gasteiger partial charge in [-0.15, -0.1) is 0 Å². The van der Waals surface area contributed by atoms with Gasteiger partial charge in [-0.2, -0.15) is 0 Å². The van der Waals surface area contributed by atoms with Crippen LogP contribution in [-0.4, -0.2) is 37.4 Å². The number of rotatable bonds is 6. The zero-order valence-corrected chi connectivity index (χ0v) is 17.9. The van der Waals surface area contributed by atoms with Gasteiger partial charge in [0.25, 0.3) is 15.9 Å². The molecule has 0 saturated heterocycles. The molecule has 8 heteroatoms. The van der Waals surface area contributed by atoms with E-state index in [1.54, 1.807) is 29.2 Å². The number of carbonyl (C=O) groups excluding carboxylic acids is 1. The van der Waals surface area contributed by atoms with E-state index in [0.717, 1.165) is 17.7 Å². The fraction of sp³-hybridized carbons (Fsp3) is 0.217. The minimum Gasteiger partial charge on any atom is -0.494 e. The van der Waals surface area contributed by atoms with E-state index in [2.05, 4.69) is 15.8 Å². The second-order valence-corrected chi connectivity index (χ2v) is 8.89. The van der Waals surface area contributed by atoms with E-state index in [4.69, 9.17) is 4.74 Å². The number of sulfonamides is 1. The van der Waals surface area contributed by atoms with Gasteiger partial charge >= 0.3 is 0 Å². The van der Waals surface area contributed by atoms with Crippen LogP contribution >= 0.6 is 0 Å². The number of ether oxygens (including phenoxy) is 1. The van der Waals surface area contributed by atoms with Crippen molar-refractivity contribution in [2.24, 2.45) is 0 Å². The summed E-state index contributed by atoms with van der Waals surface area (Å²) in [7, 11) is -3.75. The zero-order chi connectivity index (χ0) is 21.8. The zero-order valence-electron chi connectivity index (χ0n) is 17.1. The van der Waals surface area contributed by atoms with Crippen molar-refractivity contribution in [2.45, 2.75) is 24.8 Å².